The van der Waals surface area contributed by atoms with Crippen molar-refractivity contribution in [2.45, 2.75) is 88.6 Å². The first-order chi connectivity index (χ1) is 14.8. The maximum absolute atomic E-state index is 13.6. The van der Waals surface area contributed by atoms with E-state index in [4.69, 9.17) is 4.74 Å². The number of thioether (sulfide) groups is 1. The summed E-state index contributed by atoms with van der Waals surface area (Å²) in [4.78, 5) is 18.1. The number of carbonyl (C=O) groups is 1. The first-order valence-corrected chi connectivity index (χ1v) is 12.6. The molecule has 31 heavy (non-hydrogen) atoms. The average molecular weight is 441 g/mol. The third-order valence-electron chi connectivity index (χ3n) is 7.69. The van der Waals surface area contributed by atoms with E-state index in [9.17, 15) is 4.79 Å². The summed E-state index contributed by atoms with van der Waals surface area (Å²) in [7, 11) is 0. The number of aromatic nitrogens is 2. The molecule has 2 aliphatic rings. The van der Waals surface area contributed by atoms with Gasteiger partial charge in [-0.3, -0.25) is 4.79 Å². The van der Waals surface area contributed by atoms with E-state index in [1.54, 1.807) is 18.0 Å². The molecule has 2 heterocycles. The Bertz CT molecular complexity index is 862. The van der Waals surface area contributed by atoms with Gasteiger partial charge in [0.2, 0.25) is 0 Å². The Kier molecular flexibility index (Phi) is 6.52. The molecule has 4 rings (SSSR count). The van der Waals surface area contributed by atoms with E-state index < -0.39 is 0 Å². The van der Waals surface area contributed by atoms with Crippen molar-refractivity contribution >= 4 is 17.7 Å². The molecule has 0 aromatic carbocycles. The Morgan fingerprint density at radius 2 is 2.03 bits per heavy atom. The summed E-state index contributed by atoms with van der Waals surface area (Å²) in [5, 5.41) is 0.609. The number of ether oxygens (including phenoxy) is 1. The minimum atomic E-state index is -0.271. The van der Waals surface area contributed by atoms with Crippen molar-refractivity contribution in [3.8, 4) is 0 Å². The van der Waals surface area contributed by atoms with Crippen LogP contribution in [0.1, 0.15) is 72.3 Å². The van der Waals surface area contributed by atoms with E-state index in [-0.39, 0.29) is 34.2 Å². The summed E-state index contributed by atoms with van der Waals surface area (Å²) < 4.78 is 8.64. The van der Waals surface area contributed by atoms with Gasteiger partial charge >= 0.3 is 5.97 Å². The Labute approximate surface area is 191 Å². The SMILES string of the molecule is CCC[C@H](C[C@@H](Sc1ccccn1)C(=O)O[C@H]1C(C)(C)[C@H]2CC[C@]1(C)C2)n1cccc1. The van der Waals surface area contributed by atoms with Crippen LogP contribution < -0.4 is 0 Å². The zero-order valence-corrected chi connectivity index (χ0v) is 20.1. The van der Waals surface area contributed by atoms with Crippen molar-refractivity contribution in [2.24, 2.45) is 16.7 Å². The predicted molar refractivity (Wildman–Crippen MR) is 126 cm³/mol. The molecule has 0 radical (unpaired) electrons. The highest BCUT2D eigenvalue weighted by molar-refractivity contribution is 8.00. The molecule has 2 saturated carbocycles. The fourth-order valence-electron chi connectivity index (χ4n) is 6.06. The third-order valence-corrected chi connectivity index (χ3v) is 8.84. The lowest BCUT2D eigenvalue weighted by Gasteiger charge is -2.42. The zero-order chi connectivity index (χ0) is 22.1. The molecule has 5 atom stereocenters. The lowest BCUT2D eigenvalue weighted by Crippen LogP contribution is -2.45. The average Bonchev–Trinajstić information content (AvgIpc) is 3.45. The van der Waals surface area contributed by atoms with Crippen LogP contribution in [0.15, 0.2) is 53.9 Å². The van der Waals surface area contributed by atoms with Gasteiger partial charge in [-0.25, -0.2) is 4.98 Å². The molecule has 2 aromatic heterocycles. The number of rotatable bonds is 9. The largest absolute Gasteiger partial charge is 0.460 e. The van der Waals surface area contributed by atoms with Gasteiger partial charge in [0.05, 0.1) is 5.03 Å². The van der Waals surface area contributed by atoms with E-state index in [1.165, 1.54) is 19.3 Å². The molecule has 2 aromatic rings. The Morgan fingerprint density at radius 1 is 1.26 bits per heavy atom. The van der Waals surface area contributed by atoms with Crippen molar-refractivity contribution in [2.75, 3.05) is 0 Å². The lowest BCUT2D eigenvalue weighted by atomic mass is 9.70. The monoisotopic (exact) mass is 440 g/mol. The molecule has 5 heteroatoms. The van der Waals surface area contributed by atoms with Crippen LogP contribution in [0.4, 0.5) is 0 Å². The van der Waals surface area contributed by atoms with Crippen molar-refractivity contribution in [1.29, 1.82) is 0 Å². The summed E-state index contributed by atoms with van der Waals surface area (Å²) >= 11 is 1.55. The number of nitrogens with zero attached hydrogens (tertiary/aromatic N) is 2. The maximum atomic E-state index is 13.6. The zero-order valence-electron chi connectivity index (χ0n) is 19.3. The molecular weight excluding hydrogens is 404 g/mol. The van der Waals surface area contributed by atoms with Crippen LogP contribution in [-0.4, -0.2) is 26.9 Å². The van der Waals surface area contributed by atoms with Crippen LogP contribution in [0, 0.1) is 16.7 Å². The van der Waals surface area contributed by atoms with Crippen LogP contribution >= 0.6 is 11.8 Å². The highest BCUT2D eigenvalue weighted by Crippen LogP contribution is 2.63. The van der Waals surface area contributed by atoms with E-state index in [2.05, 4.69) is 61.8 Å². The van der Waals surface area contributed by atoms with Gasteiger partial charge in [0.1, 0.15) is 11.4 Å². The van der Waals surface area contributed by atoms with Crippen LogP contribution in [-0.2, 0) is 9.53 Å². The molecule has 0 unspecified atom stereocenters. The van der Waals surface area contributed by atoms with Gasteiger partial charge < -0.3 is 9.30 Å². The van der Waals surface area contributed by atoms with Gasteiger partial charge in [-0.05, 0) is 62.3 Å². The molecule has 0 saturated heterocycles. The highest BCUT2D eigenvalue weighted by Gasteiger charge is 2.61. The van der Waals surface area contributed by atoms with E-state index in [1.807, 2.05) is 18.2 Å². The molecule has 0 N–H and O–H groups in total. The minimum Gasteiger partial charge on any atom is -0.460 e. The van der Waals surface area contributed by atoms with Crippen LogP contribution in [0.3, 0.4) is 0 Å². The van der Waals surface area contributed by atoms with Crippen LogP contribution in [0.25, 0.3) is 0 Å². The summed E-state index contributed by atoms with van der Waals surface area (Å²) in [6.45, 7) is 9.11. The highest BCUT2D eigenvalue weighted by atomic mass is 32.2. The molecular formula is C26H36N2O2S. The molecule has 2 fully saturated rings. The van der Waals surface area contributed by atoms with Gasteiger partial charge in [-0.15, -0.1) is 0 Å². The lowest BCUT2D eigenvalue weighted by molar-refractivity contribution is -0.164. The molecule has 0 amide bonds. The Balaban J connectivity index is 1.55. The van der Waals surface area contributed by atoms with Gasteiger partial charge in [0.15, 0.2) is 0 Å². The minimum absolute atomic E-state index is 0.00529. The fraction of sp³-hybridized carbons (Fsp3) is 0.615. The van der Waals surface area contributed by atoms with Gasteiger partial charge in [-0.1, -0.05) is 51.9 Å². The maximum Gasteiger partial charge on any atom is 0.319 e. The molecule has 0 aliphatic heterocycles. The van der Waals surface area contributed by atoms with Crippen molar-refractivity contribution in [3.05, 3.63) is 48.9 Å². The summed E-state index contributed by atoms with van der Waals surface area (Å²) in [5.41, 5.74) is 0.166. The standard InChI is InChI=1S/C26H36N2O2S/c1-5-10-20(28-15-8-9-16-28)17-21(31-22-11-6-7-14-27-22)23(29)30-24-25(2,3)19-12-13-26(24,4)18-19/h6-9,11,14-16,19-21,24H,5,10,12-13,17-18H2,1-4H3/t19-,20+,21+,24-,26+/m0/s1. The molecule has 2 bridgehead atoms. The van der Waals surface area contributed by atoms with E-state index in [0.29, 0.717) is 5.92 Å². The number of esters is 1. The van der Waals surface area contributed by atoms with Crippen molar-refractivity contribution in [3.63, 3.8) is 0 Å². The third kappa shape index (κ3) is 4.57. The van der Waals surface area contributed by atoms with E-state index in [0.717, 1.165) is 24.3 Å². The number of hydrogen-bond acceptors (Lipinski definition) is 4. The van der Waals surface area contributed by atoms with Crippen LogP contribution in [0.5, 0.6) is 0 Å². The van der Waals surface area contributed by atoms with Gasteiger partial charge in [-0.2, -0.15) is 0 Å². The molecule has 168 valence electrons. The van der Waals surface area contributed by atoms with Crippen molar-refractivity contribution < 1.29 is 9.53 Å². The summed E-state index contributed by atoms with van der Waals surface area (Å²) in [6, 6.07) is 10.3. The smallest absolute Gasteiger partial charge is 0.319 e. The second kappa shape index (κ2) is 9.01. The number of pyridine rings is 1. The quantitative estimate of drug-likeness (QED) is 0.328. The second-order valence-corrected chi connectivity index (χ2v) is 11.5. The molecule has 4 nitrogen and oxygen atoms in total. The second-order valence-electron chi connectivity index (χ2n) is 10.3. The Hall–Kier alpha value is -1.75. The number of carbonyl (C=O) groups excluding carboxylic acids is 1. The normalized spacial score (nSPS) is 28.4. The molecule has 2 aliphatic carbocycles. The molecule has 0 spiro atoms. The summed E-state index contributed by atoms with van der Waals surface area (Å²) in [5.74, 6) is 0.584. The number of fused-ring (bicyclic) bond motifs is 2. The predicted octanol–water partition coefficient (Wildman–Crippen LogP) is 6.53. The Morgan fingerprint density at radius 3 is 2.65 bits per heavy atom. The van der Waals surface area contributed by atoms with Gasteiger partial charge in [0.25, 0.3) is 0 Å². The van der Waals surface area contributed by atoms with Crippen LogP contribution in [0.2, 0.25) is 0 Å². The van der Waals surface area contributed by atoms with Gasteiger partial charge in [0, 0.05) is 35.5 Å². The first-order valence-electron chi connectivity index (χ1n) is 11.7. The summed E-state index contributed by atoms with van der Waals surface area (Å²) in [6.07, 6.45) is 12.5. The first kappa shape index (κ1) is 22.4. The topological polar surface area (TPSA) is 44.1 Å². The fourth-order valence-corrected chi connectivity index (χ4v) is 7.10. The van der Waals surface area contributed by atoms with E-state index >= 15 is 0 Å². The van der Waals surface area contributed by atoms with Crippen molar-refractivity contribution in [1.82, 2.24) is 9.55 Å². The number of hydrogen-bond donors (Lipinski definition) is 0.